The van der Waals surface area contributed by atoms with Gasteiger partial charge in [-0.1, -0.05) is 13.8 Å². The molecule has 6 nitrogen and oxygen atoms in total. The van der Waals surface area contributed by atoms with Gasteiger partial charge in [-0.2, -0.15) is 0 Å². The Hall–Kier alpha value is -1.45. The highest BCUT2D eigenvalue weighted by atomic mass is 32.1. The molecule has 3 aliphatic rings. The molecule has 1 saturated carbocycles. The number of alkyl halides is 2. The van der Waals surface area contributed by atoms with E-state index in [1.807, 2.05) is 11.6 Å². The maximum Gasteiger partial charge on any atom is 0.248 e. The van der Waals surface area contributed by atoms with E-state index >= 15 is 0 Å². The van der Waals surface area contributed by atoms with Crippen molar-refractivity contribution in [3.8, 4) is 0 Å². The predicted octanol–water partition coefficient (Wildman–Crippen LogP) is 5.88. The van der Waals surface area contributed by atoms with E-state index in [0.29, 0.717) is 42.8 Å². The Labute approximate surface area is 211 Å². The molecule has 2 aliphatic heterocycles. The van der Waals surface area contributed by atoms with Crippen LogP contribution in [0.1, 0.15) is 106 Å². The molecule has 1 N–H and O–H groups in total. The van der Waals surface area contributed by atoms with Crippen LogP contribution in [0.15, 0.2) is 11.6 Å². The minimum absolute atomic E-state index is 0.0317. The summed E-state index contributed by atoms with van der Waals surface area (Å²) in [5.74, 6) is 0.422. The fourth-order valence-electron chi connectivity index (χ4n) is 6.66. The summed E-state index contributed by atoms with van der Waals surface area (Å²) < 4.78 is 29.5. The van der Waals surface area contributed by atoms with Gasteiger partial charge in [0.05, 0.1) is 6.04 Å². The zero-order valence-electron chi connectivity index (χ0n) is 21.3. The number of fused-ring (bicyclic) bond motifs is 2. The Morgan fingerprint density at radius 2 is 1.80 bits per heavy atom. The summed E-state index contributed by atoms with van der Waals surface area (Å²) in [6.07, 6.45) is 9.05. The van der Waals surface area contributed by atoms with Crippen LogP contribution in [-0.2, 0) is 0 Å². The Morgan fingerprint density at radius 1 is 1.09 bits per heavy atom. The lowest BCUT2D eigenvalue weighted by Gasteiger charge is -2.40. The van der Waals surface area contributed by atoms with Crippen LogP contribution in [0.5, 0.6) is 0 Å². The normalized spacial score (nSPS) is 28.1. The van der Waals surface area contributed by atoms with Crippen molar-refractivity contribution in [2.24, 2.45) is 5.92 Å². The molecule has 0 spiro atoms. The molecule has 3 fully saturated rings. The second-order valence-electron chi connectivity index (χ2n) is 11.3. The van der Waals surface area contributed by atoms with E-state index in [0.717, 1.165) is 36.2 Å². The fourth-order valence-corrected chi connectivity index (χ4v) is 7.41. The third-order valence-electron chi connectivity index (χ3n) is 8.55. The van der Waals surface area contributed by atoms with Gasteiger partial charge in [0.1, 0.15) is 16.7 Å². The van der Waals surface area contributed by atoms with Gasteiger partial charge in [-0.05, 0) is 64.3 Å². The first-order valence-electron chi connectivity index (χ1n) is 13.5. The van der Waals surface area contributed by atoms with Gasteiger partial charge in [0.25, 0.3) is 0 Å². The second-order valence-corrected chi connectivity index (χ2v) is 12.2. The molecule has 5 rings (SSSR count). The summed E-state index contributed by atoms with van der Waals surface area (Å²) in [5, 5.41) is 15.8. The molecule has 1 aliphatic carbocycles. The van der Waals surface area contributed by atoms with Crippen LogP contribution in [0.25, 0.3) is 0 Å². The molecule has 2 aromatic rings. The second kappa shape index (κ2) is 10.5. The average Bonchev–Trinajstić information content (AvgIpc) is 3.53. The van der Waals surface area contributed by atoms with Gasteiger partial charge in [0.2, 0.25) is 5.92 Å². The largest absolute Gasteiger partial charge is 0.312 e. The van der Waals surface area contributed by atoms with Gasteiger partial charge in [-0.15, -0.1) is 21.5 Å². The minimum Gasteiger partial charge on any atom is -0.312 e. The lowest BCUT2D eigenvalue weighted by molar-refractivity contribution is -0.0457. The first-order chi connectivity index (χ1) is 16.8. The standard InChI is InChI=1S/C26H40F2N6S/c1-17(2)24-32-31-18(3)34(24)22-14-20-4-5-21(15-22)33(20)12-8-23(25-29-11-13-35-25)30-16-19-6-9-26(27,28)10-7-19/h11,13,17,19-23,30H,4-10,12,14-16H2,1-3H3/t20?,21?,22?,23-/m0/s1. The van der Waals surface area contributed by atoms with Gasteiger partial charge >= 0.3 is 0 Å². The molecule has 194 valence electrons. The van der Waals surface area contributed by atoms with Crippen molar-refractivity contribution in [3.63, 3.8) is 0 Å². The van der Waals surface area contributed by atoms with E-state index in [1.165, 1.54) is 25.7 Å². The molecule has 2 unspecified atom stereocenters. The predicted molar refractivity (Wildman–Crippen MR) is 135 cm³/mol. The maximum absolute atomic E-state index is 13.6. The highest BCUT2D eigenvalue weighted by Crippen LogP contribution is 2.42. The monoisotopic (exact) mass is 506 g/mol. The van der Waals surface area contributed by atoms with E-state index < -0.39 is 5.92 Å². The van der Waals surface area contributed by atoms with E-state index in [4.69, 9.17) is 0 Å². The quantitative estimate of drug-likeness (QED) is 0.460. The number of aryl methyl sites for hydroxylation is 1. The lowest BCUT2D eigenvalue weighted by Crippen LogP contribution is -2.45. The van der Waals surface area contributed by atoms with Crippen molar-refractivity contribution in [1.29, 1.82) is 0 Å². The SMILES string of the molecule is Cc1nnc(C(C)C)n1C1CC2CCC(C1)N2CC[C@H](NCC1CCC(F)(F)CC1)c1nccs1. The number of hydrogen-bond acceptors (Lipinski definition) is 6. The van der Waals surface area contributed by atoms with Crippen molar-refractivity contribution in [3.05, 3.63) is 28.2 Å². The molecule has 0 amide bonds. The number of nitrogens with one attached hydrogen (secondary N) is 1. The zero-order valence-corrected chi connectivity index (χ0v) is 22.1. The number of nitrogens with zero attached hydrogens (tertiary/aromatic N) is 5. The molecule has 2 aromatic heterocycles. The van der Waals surface area contributed by atoms with Crippen LogP contribution in [0, 0.1) is 12.8 Å². The number of aromatic nitrogens is 4. The van der Waals surface area contributed by atoms with Crippen molar-refractivity contribution in [2.45, 2.75) is 115 Å². The summed E-state index contributed by atoms with van der Waals surface area (Å²) in [6, 6.07) is 1.91. The van der Waals surface area contributed by atoms with E-state index in [9.17, 15) is 8.78 Å². The Bertz CT molecular complexity index is 937. The number of piperidine rings is 1. The van der Waals surface area contributed by atoms with Gasteiger partial charge in [0.15, 0.2) is 0 Å². The Kier molecular flexibility index (Phi) is 7.56. The van der Waals surface area contributed by atoms with Gasteiger partial charge in [-0.3, -0.25) is 4.90 Å². The van der Waals surface area contributed by atoms with Crippen molar-refractivity contribution in [2.75, 3.05) is 13.1 Å². The van der Waals surface area contributed by atoms with E-state index in [1.54, 1.807) is 11.3 Å². The lowest BCUT2D eigenvalue weighted by atomic mass is 9.86. The van der Waals surface area contributed by atoms with Crippen LogP contribution < -0.4 is 5.32 Å². The van der Waals surface area contributed by atoms with Crippen LogP contribution in [0.2, 0.25) is 0 Å². The summed E-state index contributed by atoms with van der Waals surface area (Å²) in [6.45, 7) is 8.36. The van der Waals surface area contributed by atoms with E-state index in [2.05, 4.69) is 50.7 Å². The Morgan fingerprint density at radius 3 is 2.43 bits per heavy atom. The summed E-state index contributed by atoms with van der Waals surface area (Å²) in [7, 11) is 0. The average molecular weight is 507 g/mol. The van der Waals surface area contributed by atoms with Crippen LogP contribution >= 0.6 is 11.3 Å². The van der Waals surface area contributed by atoms with Gasteiger partial charge in [-0.25, -0.2) is 13.8 Å². The van der Waals surface area contributed by atoms with Crippen LogP contribution in [0.3, 0.4) is 0 Å². The third-order valence-corrected chi connectivity index (χ3v) is 9.44. The zero-order chi connectivity index (χ0) is 24.6. The minimum atomic E-state index is -2.46. The number of rotatable bonds is 9. The van der Waals surface area contributed by atoms with Crippen LogP contribution in [0.4, 0.5) is 8.78 Å². The molecule has 35 heavy (non-hydrogen) atoms. The summed E-state index contributed by atoms with van der Waals surface area (Å²) in [4.78, 5) is 7.35. The molecule has 0 radical (unpaired) electrons. The van der Waals surface area contributed by atoms with Crippen molar-refractivity contribution in [1.82, 2.24) is 30.0 Å². The number of hydrogen-bond donors (Lipinski definition) is 1. The van der Waals surface area contributed by atoms with Gasteiger partial charge in [0, 0.05) is 55.0 Å². The highest BCUT2D eigenvalue weighted by molar-refractivity contribution is 7.09. The molecule has 3 atom stereocenters. The van der Waals surface area contributed by atoms with Gasteiger partial charge < -0.3 is 9.88 Å². The first-order valence-corrected chi connectivity index (χ1v) is 14.4. The number of thiazole rings is 1. The molecule has 2 bridgehead atoms. The maximum atomic E-state index is 13.6. The molecule has 0 aromatic carbocycles. The fraction of sp³-hybridized carbons (Fsp3) is 0.808. The van der Waals surface area contributed by atoms with E-state index in [-0.39, 0.29) is 18.9 Å². The smallest absolute Gasteiger partial charge is 0.248 e. The molecular weight excluding hydrogens is 466 g/mol. The van der Waals surface area contributed by atoms with Crippen molar-refractivity contribution >= 4 is 11.3 Å². The Balaban J connectivity index is 1.19. The first kappa shape index (κ1) is 25.2. The summed E-state index contributed by atoms with van der Waals surface area (Å²) in [5.41, 5.74) is 0. The molecule has 4 heterocycles. The van der Waals surface area contributed by atoms with Crippen molar-refractivity contribution < 1.29 is 8.78 Å². The number of halogens is 2. The highest BCUT2D eigenvalue weighted by Gasteiger charge is 2.42. The molecule has 9 heteroatoms. The molecular formula is C26H40F2N6S. The van der Waals surface area contributed by atoms with Crippen LogP contribution in [-0.4, -0.2) is 55.7 Å². The topological polar surface area (TPSA) is 58.9 Å². The third kappa shape index (κ3) is 5.62. The summed E-state index contributed by atoms with van der Waals surface area (Å²) >= 11 is 1.70. The molecule has 2 saturated heterocycles.